The Morgan fingerprint density at radius 1 is 1.18 bits per heavy atom. The van der Waals surface area contributed by atoms with Crippen LogP contribution in [0.2, 0.25) is 0 Å². The van der Waals surface area contributed by atoms with E-state index in [-0.39, 0.29) is 18.7 Å². The SMILES string of the molecule is COC(=O)c1ccc(NC(=O)CCc2c(C)c3ccc(OC)cc3oc2=O)s1. The van der Waals surface area contributed by atoms with E-state index in [0.717, 1.165) is 22.3 Å². The maximum atomic E-state index is 12.3. The first-order valence-corrected chi connectivity index (χ1v) is 9.33. The van der Waals surface area contributed by atoms with Gasteiger partial charge in [0.1, 0.15) is 16.2 Å². The van der Waals surface area contributed by atoms with E-state index in [0.29, 0.717) is 26.8 Å². The van der Waals surface area contributed by atoms with Crippen molar-refractivity contribution < 1.29 is 23.5 Å². The first-order chi connectivity index (χ1) is 13.4. The number of ether oxygens (including phenoxy) is 2. The second kappa shape index (κ2) is 8.26. The van der Waals surface area contributed by atoms with Gasteiger partial charge in [-0.15, -0.1) is 11.3 Å². The summed E-state index contributed by atoms with van der Waals surface area (Å²) in [5.41, 5.74) is 1.24. The van der Waals surface area contributed by atoms with Crippen LogP contribution in [0.5, 0.6) is 5.75 Å². The highest BCUT2D eigenvalue weighted by Gasteiger charge is 2.15. The van der Waals surface area contributed by atoms with Crippen LogP contribution < -0.4 is 15.7 Å². The fourth-order valence-corrected chi connectivity index (χ4v) is 3.68. The average Bonchev–Trinajstić information content (AvgIpc) is 3.15. The molecule has 1 aromatic carbocycles. The second-order valence-electron chi connectivity index (χ2n) is 6.06. The Hall–Kier alpha value is -3.13. The second-order valence-corrected chi connectivity index (χ2v) is 7.14. The van der Waals surface area contributed by atoms with E-state index in [4.69, 9.17) is 9.15 Å². The summed E-state index contributed by atoms with van der Waals surface area (Å²) in [7, 11) is 2.84. The Morgan fingerprint density at radius 3 is 2.68 bits per heavy atom. The van der Waals surface area contributed by atoms with Gasteiger partial charge < -0.3 is 19.2 Å². The van der Waals surface area contributed by atoms with E-state index in [9.17, 15) is 14.4 Å². The molecule has 0 fully saturated rings. The van der Waals surface area contributed by atoms with E-state index in [1.807, 2.05) is 13.0 Å². The summed E-state index contributed by atoms with van der Waals surface area (Å²) in [5, 5.41) is 4.07. The van der Waals surface area contributed by atoms with Crippen LogP contribution >= 0.6 is 11.3 Å². The summed E-state index contributed by atoms with van der Waals surface area (Å²) >= 11 is 1.13. The molecule has 0 aliphatic carbocycles. The molecule has 8 heteroatoms. The van der Waals surface area contributed by atoms with Crippen LogP contribution in [0.25, 0.3) is 11.0 Å². The van der Waals surface area contributed by atoms with Gasteiger partial charge in [-0.05, 0) is 43.2 Å². The van der Waals surface area contributed by atoms with Crippen molar-refractivity contribution in [1.82, 2.24) is 0 Å². The number of aryl methyl sites for hydroxylation is 1. The number of carbonyl (C=O) groups excluding carboxylic acids is 2. The number of esters is 1. The Morgan fingerprint density at radius 2 is 1.96 bits per heavy atom. The molecule has 3 rings (SSSR count). The summed E-state index contributed by atoms with van der Waals surface area (Å²) in [6.45, 7) is 1.83. The highest BCUT2D eigenvalue weighted by Crippen LogP contribution is 2.25. The van der Waals surface area contributed by atoms with Crippen molar-refractivity contribution in [3.8, 4) is 5.75 Å². The highest BCUT2D eigenvalue weighted by molar-refractivity contribution is 7.18. The summed E-state index contributed by atoms with van der Waals surface area (Å²) in [6.07, 6.45) is 0.357. The van der Waals surface area contributed by atoms with Gasteiger partial charge in [0.05, 0.1) is 19.2 Å². The zero-order valence-corrected chi connectivity index (χ0v) is 16.5. The van der Waals surface area contributed by atoms with Crippen molar-refractivity contribution >= 4 is 39.2 Å². The van der Waals surface area contributed by atoms with Crippen LogP contribution in [0.3, 0.4) is 0 Å². The molecule has 0 atom stereocenters. The van der Waals surface area contributed by atoms with Crippen molar-refractivity contribution in [3.05, 3.63) is 56.8 Å². The van der Waals surface area contributed by atoms with E-state index in [1.54, 1.807) is 31.4 Å². The number of thiophene rings is 1. The van der Waals surface area contributed by atoms with Crippen molar-refractivity contribution in [3.63, 3.8) is 0 Å². The first-order valence-electron chi connectivity index (χ1n) is 8.51. The third-order valence-corrected chi connectivity index (χ3v) is 5.33. The number of anilines is 1. The zero-order valence-electron chi connectivity index (χ0n) is 15.7. The van der Waals surface area contributed by atoms with Crippen LogP contribution in [0, 0.1) is 6.92 Å². The monoisotopic (exact) mass is 401 g/mol. The van der Waals surface area contributed by atoms with Crippen molar-refractivity contribution in [2.24, 2.45) is 0 Å². The van der Waals surface area contributed by atoms with Gasteiger partial charge in [-0.2, -0.15) is 0 Å². The number of nitrogens with one attached hydrogen (secondary N) is 1. The van der Waals surface area contributed by atoms with Crippen molar-refractivity contribution in [2.45, 2.75) is 19.8 Å². The quantitative estimate of drug-likeness (QED) is 0.502. The zero-order chi connectivity index (χ0) is 20.3. The van der Waals surface area contributed by atoms with Gasteiger partial charge in [0.15, 0.2) is 0 Å². The summed E-state index contributed by atoms with van der Waals surface area (Å²) in [5.74, 6) is -0.108. The number of benzene rings is 1. The predicted octanol–water partition coefficient (Wildman–Crippen LogP) is 3.53. The number of amides is 1. The van der Waals surface area contributed by atoms with Crippen molar-refractivity contribution in [2.75, 3.05) is 19.5 Å². The molecule has 2 aromatic heterocycles. The molecule has 28 heavy (non-hydrogen) atoms. The molecule has 0 aliphatic heterocycles. The molecule has 0 aliphatic rings. The van der Waals surface area contributed by atoms with Crippen LogP contribution in [0.1, 0.15) is 27.2 Å². The number of hydrogen-bond donors (Lipinski definition) is 1. The lowest BCUT2D eigenvalue weighted by molar-refractivity contribution is -0.116. The van der Waals surface area contributed by atoms with Gasteiger partial charge in [0.25, 0.3) is 0 Å². The smallest absolute Gasteiger partial charge is 0.348 e. The van der Waals surface area contributed by atoms with Crippen molar-refractivity contribution in [1.29, 1.82) is 0 Å². The number of hydrogen-bond acceptors (Lipinski definition) is 7. The van der Waals surface area contributed by atoms with Gasteiger partial charge >= 0.3 is 11.6 Å². The minimum atomic E-state index is -0.463. The molecule has 0 saturated heterocycles. The van der Waals surface area contributed by atoms with E-state index in [2.05, 4.69) is 10.1 Å². The highest BCUT2D eigenvalue weighted by atomic mass is 32.1. The molecule has 146 valence electrons. The van der Waals surface area contributed by atoms with Gasteiger partial charge in [-0.1, -0.05) is 0 Å². The Kier molecular flexibility index (Phi) is 5.79. The van der Waals surface area contributed by atoms with Crippen LogP contribution in [0.15, 0.2) is 39.5 Å². The molecular formula is C20H19NO6S. The summed E-state index contributed by atoms with van der Waals surface area (Å²) in [6, 6.07) is 8.51. The Balaban J connectivity index is 1.72. The molecule has 1 N–H and O–H groups in total. The van der Waals surface area contributed by atoms with Gasteiger partial charge in [0, 0.05) is 23.4 Å². The van der Waals surface area contributed by atoms with Crippen LogP contribution in [-0.4, -0.2) is 26.1 Å². The summed E-state index contributed by atoms with van der Waals surface area (Å²) in [4.78, 5) is 36.5. The Labute approximate surface area is 164 Å². The number of methoxy groups -OCH3 is 2. The lowest BCUT2D eigenvalue weighted by Crippen LogP contribution is -2.16. The fourth-order valence-electron chi connectivity index (χ4n) is 2.84. The molecule has 0 unspecified atom stereocenters. The molecule has 2 heterocycles. The molecule has 0 saturated carbocycles. The molecule has 0 bridgehead atoms. The summed E-state index contributed by atoms with van der Waals surface area (Å²) < 4.78 is 15.2. The lowest BCUT2D eigenvalue weighted by Gasteiger charge is -2.09. The topological polar surface area (TPSA) is 94.8 Å². The maximum Gasteiger partial charge on any atom is 0.348 e. The minimum absolute atomic E-state index is 0.110. The molecule has 0 spiro atoms. The van der Waals surface area contributed by atoms with Crippen LogP contribution in [0.4, 0.5) is 5.00 Å². The predicted molar refractivity (Wildman–Crippen MR) is 106 cm³/mol. The number of carbonyl (C=O) groups is 2. The molecule has 3 aromatic rings. The van der Waals surface area contributed by atoms with E-state index < -0.39 is 11.6 Å². The number of rotatable bonds is 6. The molecular weight excluding hydrogens is 382 g/mol. The molecule has 0 radical (unpaired) electrons. The van der Waals surface area contributed by atoms with Gasteiger partial charge in [-0.25, -0.2) is 9.59 Å². The third-order valence-electron chi connectivity index (χ3n) is 4.35. The minimum Gasteiger partial charge on any atom is -0.497 e. The van der Waals surface area contributed by atoms with E-state index in [1.165, 1.54) is 7.11 Å². The van der Waals surface area contributed by atoms with Crippen LogP contribution in [-0.2, 0) is 16.0 Å². The standard InChI is InChI=1S/C20H19NO6S/c1-11-13-5-4-12(25-2)10-15(13)27-19(23)14(11)6-8-17(22)21-18-9-7-16(28-18)20(24)26-3/h4-5,7,9-10H,6,8H2,1-3H3,(H,21,22). The molecule has 1 amide bonds. The third kappa shape index (κ3) is 4.07. The van der Waals surface area contributed by atoms with E-state index >= 15 is 0 Å². The normalized spacial score (nSPS) is 10.7. The van der Waals surface area contributed by atoms with Gasteiger partial charge in [-0.3, -0.25) is 4.79 Å². The lowest BCUT2D eigenvalue weighted by atomic mass is 10.0. The fraction of sp³-hybridized carbons (Fsp3) is 0.250. The van der Waals surface area contributed by atoms with Gasteiger partial charge in [0.2, 0.25) is 5.91 Å². The first kappa shape index (κ1) is 19.6. The number of fused-ring (bicyclic) bond motifs is 1. The maximum absolute atomic E-state index is 12.3. The molecule has 7 nitrogen and oxygen atoms in total. The Bertz CT molecular complexity index is 1100. The average molecular weight is 401 g/mol. The largest absolute Gasteiger partial charge is 0.497 e.